The van der Waals surface area contributed by atoms with Gasteiger partial charge in [-0.15, -0.1) is 0 Å². The third kappa shape index (κ3) is 6.38. The number of nitrogens with two attached hydrogens (primary N) is 1. The molecule has 3 N–H and O–H groups in total. The van der Waals surface area contributed by atoms with E-state index in [9.17, 15) is 22.8 Å². The van der Waals surface area contributed by atoms with Crippen LogP contribution in [0.25, 0.3) is 33.3 Å². The molecule has 1 atom stereocenters. The first kappa shape index (κ1) is 29.4. The van der Waals surface area contributed by atoms with Crippen molar-refractivity contribution in [3.63, 3.8) is 0 Å². The van der Waals surface area contributed by atoms with Gasteiger partial charge in [-0.25, -0.2) is 9.78 Å². The van der Waals surface area contributed by atoms with Gasteiger partial charge in [0.15, 0.2) is 6.23 Å². The molecule has 0 aliphatic rings. The molecule has 3 heterocycles. The zero-order valence-electron chi connectivity index (χ0n) is 23.1. The van der Waals surface area contributed by atoms with Crippen LogP contribution in [0, 0.1) is 13.8 Å². The van der Waals surface area contributed by atoms with Crippen LogP contribution in [-0.2, 0) is 16.0 Å². The Kier molecular flexibility index (Phi) is 8.22. The predicted molar refractivity (Wildman–Crippen MR) is 151 cm³/mol. The summed E-state index contributed by atoms with van der Waals surface area (Å²) in [6, 6.07) is 19.1. The monoisotopic (exact) mass is 589 g/mol. The van der Waals surface area contributed by atoms with E-state index >= 15 is 0 Å². The van der Waals surface area contributed by atoms with Gasteiger partial charge >= 0.3 is 12.1 Å². The minimum atomic E-state index is -5.16. The van der Waals surface area contributed by atoms with Gasteiger partial charge in [0.25, 0.3) is 5.91 Å². The zero-order valence-corrected chi connectivity index (χ0v) is 23.1. The second kappa shape index (κ2) is 12.0. The van der Waals surface area contributed by atoms with Gasteiger partial charge < -0.3 is 14.6 Å². The molecule has 5 aromatic rings. The number of fused-ring (bicyclic) bond motifs is 1. The summed E-state index contributed by atoms with van der Waals surface area (Å²) in [7, 11) is 0. The van der Waals surface area contributed by atoms with Gasteiger partial charge in [-0.1, -0.05) is 59.8 Å². The van der Waals surface area contributed by atoms with E-state index in [1.165, 1.54) is 18.3 Å². The number of aryl methyl sites for hydroxylation is 2. The van der Waals surface area contributed by atoms with Crippen molar-refractivity contribution in [2.24, 2.45) is 5.73 Å². The normalized spacial score (nSPS) is 12.2. The highest BCUT2D eigenvalue weighted by Gasteiger charge is 2.42. The number of carbonyl (C=O) groups excluding carboxylic acids is 2. The number of alkyl halides is 3. The molecule has 12 heteroatoms. The number of carbonyl (C=O) groups is 2. The zero-order chi connectivity index (χ0) is 30.7. The number of ether oxygens (including phenoxy) is 1. The number of nitrogens with zero attached hydrogens (tertiary/aromatic N) is 3. The molecular formula is C31H26F3N5O4. The van der Waals surface area contributed by atoms with E-state index in [2.05, 4.69) is 20.2 Å². The largest absolute Gasteiger partial charge is 0.490 e. The Bertz CT molecular complexity index is 1770. The minimum absolute atomic E-state index is 0.170. The second-order valence-electron chi connectivity index (χ2n) is 9.73. The Hall–Kier alpha value is -5.10. The number of esters is 1. The van der Waals surface area contributed by atoms with E-state index in [1.807, 2.05) is 50.2 Å². The standard InChI is InChI=1S/C31H26F3N5O4/c1-17-22(18(2)43-39-17)12-14-37-29(40)27-24-16-23(19-6-4-3-5-7-19)26(38-25(24)13-15-36-27)20-8-10-21(11-9-20)28(35)42-30(41)31(32,33)34/h3-11,13,15-16,28H,12,14,35H2,1-2H3,(H,37,40). The fraction of sp³-hybridized carbons (Fsp3) is 0.194. The van der Waals surface area contributed by atoms with Crippen LogP contribution in [0.4, 0.5) is 13.2 Å². The quantitative estimate of drug-likeness (QED) is 0.176. The van der Waals surface area contributed by atoms with E-state index in [1.54, 1.807) is 18.2 Å². The van der Waals surface area contributed by atoms with Crippen LogP contribution in [0.3, 0.4) is 0 Å². The van der Waals surface area contributed by atoms with Crippen LogP contribution in [-0.4, -0.2) is 39.7 Å². The minimum Gasteiger partial charge on any atom is -0.436 e. The number of aromatic nitrogens is 3. The lowest BCUT2D eigenvalue weighted by Gasteiger charge is -2.16. The van der Waals surface area contributed by atoms with Gasteiger partial charge in [0, 0.05) is 40.4 Å². The molecule has 0 spiro atoms. The maximum Gasteiger partial charge on any atom is 0.490 e. The molecule has 0 fully saturated rings. The molecule has 0 saturated heterocycles. The highest BCUT2D eigenvalue weighted by atomic mass is 19.4. The Morgan fingerprint density at radius 3 is 2.40 bits per heavy atom. The molecule has 220 valence electrons. The summed E-state index contributed by atoms with van der Waals surface area (Å²) < 4.78 is 47.3. The smallest absolute Gasteiger partial charge is 0.436 e. The van der Waals surface area contributed by atoms with Gasteiger partial charge in [-0.2, -0.15) is 13.2 Å². The molecule has 0 radical (unpaired) electrons. The van der Waals surface area contributed by atoms with E-state index in [0.29, 0.717) is 46.4 Å². The van der Waals surface area contributed by atoms with E-state index in [-0.39, 0.29) is 17.2 Å². The van der Waals surface area contributed by atoms with Gasteiger partial charge in [-0.3, -0.25) is 15.5 Å². The number of benzene rings is 2. The molecule has 0 aliphatic heterocycles. The molecule has 5 rings (SSSR count). The molecule has 1 unspecified atom stereocenters. The van der Waals surface area contributed by atoms with Crippen LogP contribution < -0.4 is 11.1 Å². The van der Waals surface area contributed by atoms with Gasteiger partial charge in [0.1, 0.15) is 11.5 Å². The fourth-order valence-electron chi connectivity index (χ4n) is 4.66. The van der Waals surface area contributed by atoms with Crippen molar-refractivity contribution in [3.8, 4) is 22.4 Å². The third-order valence-corrected chi connectivity index (χ3v) is 6.86. The third-order valence-electron chi connectivity index (χ3n) is 6.86. The number of rotatable bonds is 8. The lowest BCUT2D eigenvalue weighted by molar-refractivity contribution is -0.205. The topological polar surface area (TPSA) is 133 Å². The van der Waals surface area contributed by atoms with Gasteiger partial charge in [0.05, 0.1) is 16.9 Å². The number of amides is 1. The van der Waals surface area contributed by atoms with Gasteiger partial charge in [0.2, 0.25) is 0 Å². The summed E-state index contributed by atoms with van der Waals surface area (Å²) in [5, 5.41) is 7.39. The Balaban J connectivity index is 1.47. The average molecular weight is 590 g/mol. The summed E-state index contributed by atoms with van der Waals surface area (Å²) >= 11 is 0. The lowest BCUT2D eigenvalue weighted by Crippen LogP contribution is -2.29. The van der Waals surface area contributed by atoms with Crippen molar-refractivity contribution in [1.29, 1.82) is 0 Å². The first-order chi connectivity index (χ1) is 20.5. The van der Waals surface area contributed by atoms with Crippen LogP contribution in [0.1, 0.15) is 39.3 Å². The summed E-state index contributed by atoms with van der Waals surface area (Å²) in [5.41, 5.74) is 11.0. The number of hydrogen-bond donors (Lipinski definition) is 2. The van der Waals surface area contributed by atoms with Crippen molar-refractivity contribution in [2.75, 3.05) is 6.54 Å². The summed E-state index contributed by atoms with van der Waals surface area (Å²) in [6.07, 6.45) is -4.71. The Labute approximate surface area is 243 Å². The summed E-state index contributed by atoms with van der Waals surface area (Å²) in [4.78, 5) is 33.6. The molecule has 1 amide bonds. The average Bonchev–Trinajstić information content (AvgIpc) is 3.32. The highest BCUT2D eigenvalue weighted by Crippen LogP contribution is 2.34. The van der Waals surface area contributed by atoms with E-state index in [0.717, 1.165) is 16.8 Å². The summed E-state index contributed by atoms with van der Waals surface area (Å²) in [6.45, 7) is 4.02. The van der Waals surface area contributed by atoms with Crippen LogP contribution in [0.15, 0.2) is 77.4 Å². The molecule has 9 nitrogen and oxygen atoms in total. The molecule has 0 aliphatic carbocycles. The maximum atomic E-state index is 13.2. The van der Waals surface area contributed by atoms with Gasteiger partial charge in [-0.05, 0) is 38.0 Å². The van der Waals surface area contributed by atoms with Crippen molar-refractivity contribution in [2.45, 2.75) is 32.7 Å². The van der Waals surface area contributed by atoms with Crippen molar-refractivity contribution in [3.05, 3.63) is 101 Å². The second-order valence-corrected chi connectivity index (χ2v) is 9.73. The van der Waals surface area contributed by atoms with Crippen LogP contribution in [0.2, 0.25) is 0 Å². The first-order valence-electron chi connectivity index (χ1n) is 13.2. The SMILES string of the molecule is Cc1noc(C)c1CCNC(=O)c1nccc2nc(-c3ccc(C(N)OC(=O)C(F)(F)F)cc3)c(-c3ccccc3)cc12. The lowest BCUT2D eigenvalue weighted by atomic mass is 9.96. The number of pyridine rings is 2. The maximum absolute atomic E-state index is 13.2. The molecular weight excluding hydrogens is 563 g/mol. The Morgan fingerprint density at radius 2 is 1.74 bits per heavy atom. The van der Waals surface area contributed by atoms with Crippen LogP contribution >= 0.6 is 0 Å². The molecule has 43 heavy (non-hydrogen) atoms. The predicted octanol–water partition coefficient (Wildman–Crippen LogP) is 5.60. The Morgan fingerprint density at radius 1 is 1.02 bits per heavy atom. The molecule has 2 aromatic carbocycles. The van der Waals surface area contributed by atoms with Crippen molar-refractivity contribution in [1.82, 2.24) is 20.4 Å². The van der Waals surface area contributed by atoms with Crippen LogP contribution in [0.5, 0.6) is 0 Å². The highest BCUT2D eigenvalue weighted by molar-refractivity contribution is 6.06. The first-order valence-corrected chi connectivity index (χ1v) is 13.2. The van der Waals surface area contributed by atoms with Crippen molar-refractivity contribution >= 4 is 22.8 Å². The number of hydrogen-bond acceptors (Lipinski definition) is 8. The van der Waals surface area contributed by atoms with E-state index in [4.69, 9.17) is 15.2 Å². The van der Waals surface area contributed by atoms with Crippen molar-refractivity contribution < 1.29 is 32.0 Å². The molecule has 3 aromatic heterocycles. The fourth-order valence-corrected chi connectivity index (χ4v) is 4.66. The summed E-state index contributed by atoms with van der Waals surface area (Å²) in [5.74, 6) is -2.03. The van der Waals surface area contributed by atoms with E-state index < -0.39 is 18.4 Å². The number of halogens is 3. The molecule has 0 bridgehead atoms. The number of nitrogens with one attached hydrogen (secondary N) is 1. The molecule has 0 saturated carbocycles.